The Hall–Kier alpha value is -4.92. The van der Waals surface area contributed by atoms with E-state index in [4.69, 9.17) is 4.74 Å². The van der Waals surface area contributed by atoms with Crippen LogP contribution in [0.4, 0.5) is 35.1 Å². The van der Waals surface area contributed by atoms with Crippen molar-refractivity contribution in [2.45, 2.75) is 4.90 Å². The van der Waals surface area contributed by atoms with Crippen LogP contribution in [0, 0.1) is 46.5 Å². The van der Waals surface area contributed by atoms with Crippen molar-refractivity contribution >= 4 is 21.0 Å². The van der Waals surface area contributed by atoms with E-state index in [1.54, 1.807) is 0 Å². The number of nitrogens with zero attached hydrogens (tertiary/aromatic N) is 1. The number of aromatic nitrogens is 1. The predicted molar refractivity (Wildman–Crippen MR) is 135 cm³/mol. The van der Waals surface area contributed by atoms with Gasteiger partial charge in [-0.3, -0.25) is 9.36 Å². The fourth-order valence-electron chi connectivity index (χ4n) is 4.21. The molecule has 15 heteroatoms. The number of benzene rings is 4. The molecule has 0 fully saturated rings. The van der Waals surface area contributed by atoms with E-state index in [0.29, 0.717) is 0 Å². The van der Waals surface area contributed by atoms with E-state index >= 15 is 4.39 Å². The number of fused-ring (bicyclic) bond motifs is 1. The summed E-state index contributed by atoms with van der Waals surface area (Å²) in [5.74, 6) is -17.9. The Balaban J connectivity index is 1.62. The van der Waals surface area contributed by atoms with E-state index in [2.05, 4.69) is 4.18 Å². The summed E-state index contributed by atoms with van der Waals surface area (Å²) in [6.45, 7) is 0. The quantitative estimate of drug-likeness (QED) is 0.0925. The predicted octanol–water partition coefficient (Wildman–Crippen LogP) is 6.55. The topological polar surface area (TPSA) is 74.6 Å². The van der Waals surface area contributed by atoms with Gasteiger partial charge in [-0.05, 0) is 48.0 Å². The normalized spacial score (nSPS) is 11.7. The summed E-state index contributed by atoms with van der Waals surface area (Å²) in [5.41, 5.74) is -1.23. The number of pyridine rings is 1. The number of hydrogen-bond donors (Lipinski definition) is 0. The summed E-state index contributed by atoms with van der Waals surface area (Å²) in [5, 5.41) is -0.0335. The van der Waals surface area contributed by atoms with Gasteiger partial charge in [-0.15, -0.1) is 0 Å². The van der Waals surface area contributed by atoms with Gasteiger partial charge in [-0.2, -0.15) is 17.2 Å². The van der Waals surface area contributed by atoms with Crippen molar-refractivity contribution in [2.24, 2.45) is 0 Å². The molecule has 0 aliphatic rings. The lowest BCUT2D eigenvalue weighted by Gasteiger charge is -2.17. The van der Waals surface area contributed by atoms with Crippen LogP contribution in [0.3, 0.4) is 0 Å². The maximum Gasteiger partial charge on any atom is 0.339 e. The van der Waals surface area contributed by atoms with E-state index in [0.717, 1.165) is 65.2 Å². The minimum Gasteiger partial charge on any atom is -0.495 e. The number of methoxy groups -OCH3 is 1. The maximum absolute atomic E-state index is 15.3. The molecular weight excluding hydrogens is 614 g/mol. The van der Waals surface area contributed by atoms with Crippen LogP contribution in [0.1, 0.15) is 0 Å². The van der Waals surface area contributed by atoms with Crippen LogP contribution in [-0.2, 0) is 10.1 Å². The third-order valence-corrected chi connectivity index (χ3v) is 7.47. The zero-order valence-electron chi connectivity index (χ0n) is 21.2. The van der Waals surface area contributed by atoms with Gasteiger partial charge in [-0.25, -0.2) is 26.3 Å². The Labute approximate surface area is 236 Å². The van der Waals surface area contributed by atoms with Crippen molar-refractivity contribution < 1.29 is 52.5 Å². The van der Waals surface area contributed by atoms with Crippen LogP contribution in [-0.4, -0.2) is 20.1 Å². The highest BCUT2D eigenvalue weighted by Crippen LogP contribution is 2.35. The maximum atomic E-state index is 15.3. The van der Waals surface area contributed by atoms with Crippen LogP contribution in [0.25, 0.3) is 27.7 Å². The second-order valence-electron chi connectivity index (χ2n) is 8.80. The van der Waals surface area contributed by atoms with E-state index < -0.39 is 72.9 Å². The first kappa shape index (κ1) is 29.6. The molecule has 1 heterocycles. The molecule has 0 unspecified atom stereocenters. The lowest BCUT2D eigenvalue weighted by molar-refractivity contribution is 0.346. The molecule has 0 saturated heterocycles. The van der Waals surface area contributed by atoms with Crippen LogP contribution in [0.5, 0.6) is 11.5 Å². The van der Waals surface area contributed by atoms with Gasteiger partial charge in [0.05, 0.1) is 18.3 Å². The van der Waals surface area contributed by atoms with Crippen molar-refractivity contribution in [1.82, 2.24) is 4.57 Å². The Kier molecular flexibility index (Phi) is 7.38. The largest absolute Gasteiger partial charge is 0.495 e. The van der Waals surface area contributed by atoms with Crippen molar-refractivity contribution in [1.29, 1.82) is 0 Å². The summed E-state index contributed by atoms with van der Waals surface area (Å²) in [6, 6.07) is 9.47. The highest BCUT2D eigenvalue weighted by Gasteiger charge is 2.31. The molecule has 0 bridgehead atoms. The minimum atomic E-state index is -5.21. The molecule has 0 N–H and O–H groups in total. The molecule has 0 aliphatic carbocycles. The molecule has 43 heavy (non-hydrogen) atoms. The van der Waals surface area contributed by atoms with E-state index in [-0.39, 0.29) is 33.5 Å². The van der Waals surface area contributed by atoms with Crippen LogP contribution in [0.15, 0.2) is 70.4 Å². The molecular formula is C28H13F8NO5S. The fourth-order valence-corrected chi connectivity index (χ4v) is 5.18. The summed E-state index contributed by atoms with van der Waals surface area (Å²) in [6.07, 6.45) is 0. The summed E-state index contributed by atoms with van der Waals surface area (Å²) in [7, 11) is -4.03. The molecule has 222 valence electrons. The van der Waals surface area contributed by atoms with Crippen molar-refractivity contribution in [2.75, 3.05) is 7.11 Å². The smallest absolute Gasteiger partial charge is 0.339 e. The van der Waals surface area contributed by atoms with Crippen LogP contribution < -0.4 is 14.5 Å². The third-order valence-electron chi connectivity index (χ3n) is 6.26. The molecule has 0 spiro atoms. The van der Waals surface area contributed by atoms with Gasteiger partial charge in [0.25, 0.3) is 5.56 Å². The Bertz CT molecular complexity index is 2100. The molecule has 0 atom stereocenters. The standard InChI is InChI=1S/C28H13F8NO5S/c1-41-21-10-15(12-2-5-16(29)18(31)9-12)17(30)11-20(21)37-19-6-4-14(8-13(19)3-7-22(37)38)43(39,40)42-28-26(35)24(33)23(32)25(34)27(28)36/h2-11H,1H3. The average molecular weight is 627 g/mol. The number of hydrogen-bond acceptors (Lipinski definition) is 5. The molecule has 0 aliphatic heterocycles. The SMILES string of the molecule is COc1cc(-c2ccc(F)c(F)c2)c(F)cc1-n1c(=O)ccc2cc(S(=O)(=O)Oc3c(F)c(F)c(F)c(F)c3F)ccc21. The van der Waals surface area contributed by atoms with E-state index in [1.165, 1.54) is 7.11 Å². The first-order valence-corrected chi connectivity index (χ1v) is 13.1. The van der Waals surface area contributed by atoms with Gasteiger partial charge in [0.1, 0.15) is 16.5 Å². The number of rotatable bonds is 6. The molecule has 5 aromatic rings. The van der Waals surface area contributed by atoms with Crippen molar-refractivity contribution in [3.8, 4) is 28.3 Å². The lowest BCUT2D eigenvalue weighted by Crippen LogP contribution is -2.19. The van der Waals surface area contributed by atoms with E-state index in [9.17, 15) is 43.9 Å². The Morgan fingerprint density at radius 2 is 1.33 bits per heavy atom. The van der Waals surface area contributed by atoms with Crippen molar-refractivity contribution in [3.05, 3.63) is 118 Å². The summed E-state index contributed by atoms with van der Waals surface area (Å²) < 4.78 is 147. The highest BCUT2D eigenvalue weighted by molar-refractivity contribution is 7.87. The first-order valence-electron chi connectivity index (χ1n) is 11.7. The van der Waals surface area contributed by atoms with Gasteiger partial charge in [-0.1, -0.05) is 6.07 Å². The third kappa shape index (κ3) is 5.05. The van der Waals surface area contributed by atoms with E-state index in [1.807, 2.05) is 0 Å². The Morgan fingerprint density at radius 1 is 0.674 bits per heavy atom. The second kappa shape index (κ2) is 10.7. The van der Waals surface area contributed by atoms with Gasteiger partial charge in [0, 0.05) is 23.1 Å². The molecule has 6 nitrogen and oxygen atoms in total. The highest BCUT2D eigenvalue weighted by atomic mass is 32.2. The van der Waals surface area contributed by atoms with Gasteiger partial charge in [0.2, 0.25) is 34.8 Å². The van der Waals surface area contributed by atoms with Gasteiger partial charge >= 0.3 is 10.1 Å². The zero-order valence-corrected chi connectivity index (χ0v) is 22.0. The number of halogens is 8. The van der Waals surface area contributed by atoms with Crippen molar-refractivity contribution in [3.63, 3.8) is 0 Å². The molecule has 0 saturated carbocycles. The monoisotopic (exact) mass is 627 g/mol. The van der Waals surface area contributed by atoms with Gasteiger partial charge in [0.15, 0.2) is 11.6 Å². The Morgan fingerprint density at radius 3 is 1.95 bits per heavy atom. The van der Waals surface area contributed by atoms with Crippen LogP contribution in [0.2, 0.25) is 0 Å². The molecule has 0 radical (unpaired) electrons. The summed E-state index contributed by atoms with van der Waals surface area (Å²) in [4.78, 5) is 12.1. The second-order valence-corrected chi connectivity index (χ2v) is 10.3. The first-order chi connectivity index (χ1) is 20.2. The molecule has 5 rings (SSSR count). The molecule has 4 aromatic carbocycles. The average Bonchev–Trinajstić information content (AvgIpc) is 2.98. The van der Waals surface area contributed by atoms with Gasteiger partial charge < -0.3 is 8.92 Å². The summed E-state index contributed by atoms with van der Waals surface area (Å²) >= 11 is 0. The minimum absolute atomic E-state index is 0.0335. The molecule has 1 aromatic heterocycles. The lowest BCUT2D eigenvalue weighted by atomic mass is 10.0. The molecule has 0 amide bonds. The van der Waals surface area contributed by atoms with Crippen LogP contribution >= 0.6 is 0 Å². The zero-order chi connectivity index (χ0) is 31.4. The fraction of sp³-hybridized carbons (Fsp3) is 0.0357. The number of ether oxygens (including phenoxy) is 1.